The highest BCUT2D eigenvalue weighted by atomic mass is 127. The first-order chi connectivity index (χ1) is 12.2. The van der Waals surface area contributed by atoms with Gasteiger partial charge in [0.15, 0.2) is 17.5 Å². The maximum absolute atomic E-state index is 5.75. The second kappa shape index (κ2) is 9.96. The van der Waals surface area contributed by atoms with Crippen molar-refractivity contribution in [1.29, 1.82) is 0 Å². The van der Waals surface area contributed by atoms with Crippen LogP contribution in [0.1, 0.15) is 22.7 Å². The molecule has 2 heterocycles. The molecule has 0 amide bonds. The molecule has 2 aromatic rings. The Morgan fingerprint density at radius 3 is 2.77 bits per heavy atom. The van der Waals surface area contributed by atoms with E-state index in [1.807, 2.05) is 26.1 Å². The summed E-state index contributed by atoms with van der Waals surface area (Å²) in [7, 11) is 3.80. The Labute approximate surface area is 175 Å². The molecule has 26 heavy (non-hydrogen) atoms. The van der Waals surface area contributed by atoms with Crippen molar-refractivity contribution >= 4 is 41.3 Å². The highest BCUT2D eigenvalue weighted by molar-refractivity contribution is 14.0. The standard InChI is InChI=1S/C18H24N4O2S.HI/c1-13-21-15(12-25-13)11-22(3)18(19-2)20-10-14-5-6-16-17(9-14)24-8-4-7-23-16;/h5-6,9,12H,4,7-8,10-11H2,1-3H3,(H,19,20);1H. The van der Waals surface area contributed by atoms with E-state index >= 15 is 0 Å². The molecule has 6 nitrogen and oxygen atoms in total. The molecule has 0 saturated heterocycles. The molecule has 0 unspecified atom stereocenters. The number of benzene rings is 1. The molecule has 3 rings (SSSR count). The van der Waals surface area contributed by atoms with Gasteiger partial charge in [-0.2, -0.15) is 0 Å². The van der Waals surface area contributed by atoms with E-state index in [0.717, 1.165) is 46.7 Å². The first kappa shape index (κ1) is 20.8. The molecule has 0 saturated carbocycles. The largest absolute Gasteiger partial charge is 0.490 e. The topological polar surface area (TPSA) is 59.0 Å². The number of aliphatic imine (C=N–C) groups is 1. The fourth-order valence-electron chi connectivity index (χ4n) is 2.68. The fourth-order valence-corrected chi connectivity index (χ4v) is 3.29. The lowest BCUT2D eigenvalue weighted by molar-refractivity contribution is 0.297. The number of fused-ring (bicyclic) bond motifs is 1. The summed E-state index contributed by atoms with van der Waals surface area (Å²) in [5, 5.41) is 6.56. The molecule has 1 aromatic heterocycles. The average molecular weight is 488 g/mol. The first-order valence-corrected chi connectivity index (χ1v) is 9.25. The van der Waals surface area contributed by atoms with E-state index in [4.69, 9.17) is 9.47 Å². The van der Waals surface area contributed by atoms with Gasteiger partial charge in [-0.05, 0) is 24.6 Å². The summed E-state index contributed by atoms with van der Waals surface area (Å²) in [6, 6.07) is 6.06. The van der Waals surface area contributed by atoms with Crippen molar-refractivity contribution < 1.29 is 9.47 Å². The Morgan fingerprint density at radius 2 is 2.08 bits per heavy atom. The van der Waals surface area contributed by atoms with Gasteiger partial charge in [0.05, 0.1) is 30.5 Å². The van der Waals surface area contributed by atoms with Crippen LogP contribution < -0.4 is 14.8 Å². The zero-order valence-corrected chi connectivity index (χ0v) is 18.5. The number of rotatable bonds is 4. The van der Waals surface area contributed by atoms with Crippen LogP contribution in [-0.4, -0.2) is 43.2 Å². The van der Waals surface area contributed by atoms with E-state index < -0.39 is 0 Å². The molecular weight excluding hydrogens is 463 g/mol. The molecule has 0 radical (unpaired) electrons. The Kier molecular flexibility index (Phi) is 7.95. The number of aryl methyl sites for hydroxylation is 1. The van der Waals surface area contributed by atoms with Gasteiger partial charge in [-0.1, -0.05) is 6.07 Å². The molecule has 1 N–H and O–H groups in total. The van der Waals surface area contributed by atoms with Crippen molar-refractivity contribution in [3.05, 3.63) is 39.8 Å². The van der Waals surface area contributed by atoms with Crippen LogP contribution in [-0.2, 0) is 13.1 Å². The van der Waals surface area contributed by atoms with Gasteiger partial charge in [0.25, 0.3) is 0 Å². The molecule has 1 aliphatic heterocycles. The first-order valence-electron chi connectivity index (χ1n) is 8.37. The maximum Gasteiger partial charge on any atom is 0.194 e. The monoisotopic (exact) mass is 488 g/mol. The SMILES string of the molecule is CN=C(NCc1ccc2c(c1)OCCCO2)N(C)Cc1csc(C)n1.I. The van der Waals surface area contributed by atoms with E-state index in [1.165, 1.54) is 0 Å². The van der Waals surface area contributed by atoms with Crippen LogP contribution in [0.3, 0.4) is 0 Å². The predicted molar refractivity (Wildman–Crippen MR) is 116 cm³/mol. The average Bonchev–Trinajstić information content (AvgIpc) is 2.87. The van der Waals surface area contributed by atoms with Gasteiger partial charge >= 0.3 is 0 Å². The lowest BCUT2D eigenvalue weighted by atomic mass is 10.2. The summed E-state index contributed by atoms with van der Waals surface area (Å²) in [4.78, 5) is 10.9. The minimum atomic E-state index is 0. The molecule has 142 valence electrons. The van der Waals surface area contributed by atoms with Crippen LogP contribution in [0.15, 0.2) is 28.6 Å². The second-order valence-corrected chi connectivity index (χ2v) is 7.01. The van der Waals surface area contributed by atoms with Gasteiger partial charge in [0.2, 0.25) is 0 Å². The van der Waals surface area contributed by atoms with Crippen LogP contribution >= 0.6 is 35.3 Å². The summed E-state index contributed by atoms with van der Waals surface area (Å²) in [5.74, 6) is 2.47. The van der Waals surface area contributed by atoms with E-state index in [0.29, 0.717) is 19.8 Å². The van der Waals surface area contributed by atoms with Gasteiger partial charge < -0.3 is 19.7 Å². The van der Waals surface area contributed by atoms with Crippen LogP contribution in [0.2, 0.25) is 0 Å². The zero-order chi connectivity index (χ0) is 17.6. The molecule has 0 aliphatic carbocycles. The van der Waals surface area contributed by atoms with E-state index in [2.05, 4.69) is 31.6 Å². The third-order valence-corrected chi connectivity index (χ3v) is 4.72. The minimum absolute atomic E-state index is 0. The predicted octanol–water partition coefficient (Wildman–Crippen LogP) is 3.44. The quantitative estimate of drug-likeness (QED) is 0.406. The second-order valence-electron chi connectivity index (χ2n) is 5.95. The third-order valence-electron chi connectivity index (χ3n) is 3.90. The summed E-state index contributed by atoms with van der Waals surface area (Å²) >= 11 is 1.67. The van der Waals surface area contributed by atoms with Crippen molar-refractivity contribution in [3.8, 4) is 11.5 Å². The normalized spacial score (nSPS) is 13.6. The van der Waals surface area contributed by atoms with E-state index in [9.17, 15) is 0 Å². The Morgan fingerprint density at radius 1 is 1.31 bits per heavy atom. The number of thiazole rings is 1. The molecular formula is C18H25IN4O2S. The number of guanidine groups is 1. The van der Waals surface area contributed by atoms with Gasteiger partial charge in [-0.15, -0.1) is 35.3 Å². The highest BCUT2D eigenvalue weighted by Crippen LogP contribution is 2.30. The number of ether oxygens (including phenoxy) is 2. The summed E-state index contributed by atoms with van der Waals surface area (Å²) in [5.41, 5.74) is 2.19. The number of aromatic nitrogens is 1. The third kappa shape index (κ3) is 5.47. The van der Waals surface area contributed by atoms with Gasteiger partial charge in [0.1, 0.15) is 0 Å². The molecule has 0 spiro atoms. The van der Waals surface area contributed by atoms with Crippen molar-refractivity contribution in [2.45, 2.75) is 26.4 Å². The molecule has 1 aliphatic rings. The zero-order valence-electron chi connectivity index (χ0n) is 15.3. The van der Waals surface area contributed by atoms with Gasteiger partial charge in [-0.3, -0.25) is 4.99 Å². The summed E-state index contributed by atoms with van der Waals surface area (Å²) in [6.07, 6.45) is 0.912. The number of hydrogen-bond acceptors (Lipinski definition) is 5. The Bertz CT molecular complexity index is 751. The fraction of sp³-hybridized carbons (Fsp3) is 0.444. The molecule has 1 aromatic carbocycles. The van der Waals surface area contributed by atoms with E-state index in [-0.39, 0.29) is 24.0 Å². The van der Waals surface area contributed by atoms with Crippen LogP contribution in [0, 0.1) is 6.92 Å². The number of nitrogens with one attached hydrogen (secondary N) is 1. The Balaban J connectivity index is 0.00000243. The highest BCUT2D eigenvalue weighted by Gasteiger charge is 2.12. The number of hydrogen-bond donors (Lipinski definition) is 1. The maximum atomic E-state index is 5.75. The molecule has 0 atom stereocenters. The molecule has 0 bridgehead atoms. The molecule has 8 heteroatoms. The Hall–Kier alpha value is -1.55. The smallest absolute Gasteiger partial charge is 0.194 e. The van der Waals surface area contributed by atoms with E-state index in [1.54, 1.807) is 18.4 Å². The van der Waals surface area contributed by atoms with Crippen LogP contribution in [0.25, 0.3) is 0 Å². The van der Waals surface area contributed by atoms with Crippen molar-refractivity contribution in [3.63, 3.8) is 0 Å². The summed E-state index contributed by atoms with van der Waals surface area (Å²) in [6.45, 7) is 4.82. The van der Waals surface area contributed by atoms with Gasteiger partial charge in [0, 0.05) is 32.4 Å². The van der Waals surface area contributed by atoms with Crippen molar-refractivity contribution in [2.24, 2.45) is 4.99 Å². The van der Waals surface area contributed by atoms with Crippen molar-refractivity contribution in [1.82, 2.24) is 15.2 Å². The van der Waals surface area contributed by atoms with Crippen LogP contribution in [0.5, 0.6) is 11.5 Å². The lowest BCUT2D eigenvalue weighted by Crippen LogP contribution is -2.38. The molecule has 0 fully saturated rings. The van der Waals surface area contributed by atoms with Crippen LogP contribution in [0.4, 0.5) is 0 Å². The van der Waals surface area contributed by atoms with Crippen molar-refractivity contribution in [2.75, 3.05) is 27.3 Å². The van der Waals surface area contributed by atoms with Gasteiger partial charge in [-0.25, -0.2) is 4.98 Å². The number of halogens is 1. The number of nitrogens with zero attached hydrogens (tertiary/aromatic N) is 3. The lowest BCUT2D eigenvalue weighted by Gasteiger charge is -2.21. The summed E-state index contributed by atoms with van der Waals surface area (Å²) < 4.78 is 11.4. The minimum Gasteiger partial charge on any atom is -0.490 e.